The van der Waals surface area contributed by atoms with E-state index in [1.807, 2.05) is 0 Å². The van der Waals surface area contributed by atoms with Crippen LogP contribution in [0, 0.1) is 17.1 Å². The first kappa shape index (κ1) is 15.9. The molecule has 0 radical (unpaired) electrons. The molecule has 0 fully saturated rings. The molecule has 1 unspecified atom stereocenters. The number of rotatable bonds is 7. The fourth-order valence-electron chi connectivity index (χ4n) is 1.87. The quantitative estimate of drug-likeness (QED) is 0.836. The molecule has 1 aromatic rings. The zero-order chi connectivity index (χ0) is 14.3. The maximum Gasteiger partial charge on any atom is 0.129 e. The summed E-state index contributed by atoms with van der Waals surface area (Å²) in [5.41, 5.74) is 0.301. The van der Waals surface area contributed by atoms with Gasteiger partial charge < -0.3 is 4.90 Å². The summed E-state index contributed by atoms with van der Waals surface area (Å²) in [5, 5.41) is 12.6. The highest BCUT2D eigenvalue weighted by Crippen LogP contribution is 2.20. The Labute approximate surface area is 119 Å². The molecule has 0 saturated heterocycles. The first-order valence-corrected chi connectivity index (χ1v) is 6.80. The molecular weight excluding hydrogens is 265 g/mol. The Balaban J connectivity index is 2.64. The summed E-state index contributed by atoms with van der Waals surface area (Å²) in [5.74, 6) is -0.411. The topological polar surface area (TPSA) is 39.1 Å². The molecule has 1 N–H and O–H groups in total. The average molecular weight is 284 g/mol. The third-order valence-corrected chi connectivity index (χ3v) is 3.30. The van der Waals surface area contributed by atoms with Gasteiger partial charge in [0.25, 0.3) is 0 Å². The molecule has 0 aliphatic carbocycles. The fourth-order valence-corrected chi connectivity index (χ4v) is 2.05. The Morgan fingerprint density at radius 3 is 2.68 bits per heavy atom. The summed E-state index contributed by atoms with van der Waals surface area (Å²) in [4.78, 5) is 2.23. The highest BCUT2D eigenvalue weighted by atomic mass is 35.5. The number of likely N-dealkylation sites (N-methyl/N-ethyl adjacent to an activating group) is 1. The molecule has 0 aromatic heterocycles. The summed E-state index contributed by atoms with van der Waals surface area (Å²) < 4.78 is 13.7. The summed E-state index contributed by atoms with van der Waals surface area (Å²) >= 11 is 5.84. The van der Waals surface area contributed by atoms with Gasteiger partial charge in [0.05, 0.1) is 6.07 Å². The Hall–Kier alpha value is -1.15. The molecule has 0 spiro atoms. The molecule has 1 rings (SSSR count). The van der Waals surface area contributed by atoms with Crippen molar-refractivity contribution in [2.75, 3.05) is 26.2 Å². The summed E-state index contributed by atoms with van der Waals surface area (Å²) in [6.45, 7) is 7.55. The lowest BCUT2D eigenvalue weighted by atomic mass is 10.1. The molecule has 5 heteroatoms. The van der Waals surface area contributed by atoms with Gasteiger partial charge in [-0.1, -0.05) is 25.4 Å². The number of nitrogens with zero attached hydrogens (tertiary/aromatic N) is 2. The minimum Gasteiger partial charge on any atom is -0.303 e. The van der Waals surface area contributed by atoms with Crippen LogP contribution in [0.1, 0.15) is 25.5 Å². The second-order valence-electron chi connectivity index (χ2n) is 4.21. The van der Waals surface area contributed by atoms with Gasteiger partial charge in [-0.15, -0.1) is 0 Å². The van der Waals surface area contributed by atoms with E-state index < -0.39 is 11.9 Å². The van der Waals surface area contributed by atoms with Gasteiger partial charge >= 0.3 is 0 Å². The molecule has 1 aromatic carbocycles. The van der Waals surface area contributed by atoms with Crippen LogP contribution in [-0.2, 0) is 0 Å². The van der Waals surface area contributed by atoms with Crippen molar-refractivity contribution in [3.8, 4) is 6.07 Å². The lowest BCUT2D eigenvalue weighted by molar-refractivity contribution is 0.300. The Kier molecular flexibility index (Phi) is 6.79. The number of hydrogen-bond acceptors (Lipinski definition) is 3. The fraction of sp³-hybridized carbons (Fsp3) is 0.500. The number of nitriles is 1. The van der Waals surface area contributed by atoms with E-state index in [1.54, 1.807) is 0 Å². The first-order chi connectivity index (χ1) is 9.12. The molecule has 0 aliphatic heterocycles. The van der Waals surface area contributed by atoms with Crippen LogP contribution in [0.2, 0.25) is 5.02 Å². The molecule has 0 aliphatic rings. The Morgan fingerprint density at radius 1 is 1.42 bits per heavy atom. The van der Waals surface area contributed by atoms with Gasteiger partial charge in [0.15, 0.2) is 0 Å². The SMILES string of the molecule is CCN(CC)CCNC(C#N)c1cc(Cl)ccc1F. The van der Waals surface area contributed by atoms with Gasteiger partial charge in [0.2, 0.25) is 0 Å². The largest absolute Gasteiger partial charge is 0.303 e. The van der Waals surface area contributed by atoms with Crippen molar-refractivity contribution >= 4 is 11.6 Å². The van der Waals surface area contributed by atoms with Crippen LogP contribution in [0.5, 0.6) is 0 Å². The van der Waals surface area contributed by atoms with Crippen molar-refractivity contribution in [1.29, 1.82) is 5.26 Å². The van der Waals surface area contributed by atoms with Crippen LogP contribution < -0.4 is 5.32 Å². The molecule has 0 amide bonds. The van der Waals surface area contributed by atoms with Gasteiger partial charge in [-0.2, -0.15) is 5.26 Å². The van der Waals surface area contributed by atoms with E-state index in [4.69, 9.17) is 16.9 Å². The van der Waals surface area contributed by atoms with E-state index in [-0.39, 0.29) is 0 Å². The van der Waals surface area contributed by atoms with Crippen molar-refractivity contribution in [1.82, 2.24) is 10.2 Å². The van der Waals surface area contributed by atoms with Crippen molar-refractivity contribution < 1.29 is 4.39 Å². The van der Waals surface area contributed by atoms with E-state index in [0.717, 1.165) is 19.6 Å². The highest BCUT2D eigenvalue weighted by Gasteiger charge is 2.15. The van der Waals surface area contributed by atoms with E-state index in [0.29, 0.717) is 17.1 Å². The van der Waals surface area contributed by atoms with Gasteiger partial charge in [0.1, 0.15) is 11.9 Å². The van der Waals surface area contributed by atoms with Crippen LogP contribution in [0.4, 0.5) is 4.39 Å². The predicted octanol–water partition coefficient (Wildman–Crippen LogP) is 2.98. The van der Waals surface area contributed by atoms with E-state index >= 15 is 0 Å². The summed E-state index contributed by atoms with van der Waals surface area (Å²) in [6, 6.07) is 5.65. The predicted molar refractivity (Wildman–Crippen MR) is 75.6 cm³/mol. The van der Waals surface area contributed by atoms with E-state index in [1.165, 1.54) is 18.2 Å². The van der Waals surface area contributed by atoms with Gasteiger partial charge in [-0.05, 0) is 31.3 Å². The second-order valence-corrected chi connectivity index (χ2v) is 4.65. The van der Waals surface area contributed by atoms with Crippen LogP contribution in [0.15, 0.2) is 18.2 Å². The minimum absolute atomic E-state index is 0.301. The number of hydrogen-bond donors (Lipinski definition) is 1. The van der Waals surface area contributed by atoms with Gasteiger partial charge in [-0.25, -0.2) is 4.39 Å². The van der Waals surface area contributed by atoms with Crippen LogP contribution in [0.25, 0.3) is 0 Å². The van der Waals surface area contributed by atoms with Crippen LogP contribution in [0.3, 0.4) is 0 Å². The van der Waals surface area contributed by atoms with Crippen LogP contribution >= 0.6 is 11.6 Å². The molecule has 1 atom stereocenters. The second kappa shape index (κ2) is 8.11. The molecular formula is C14H19ClFN3. The average Bonchev–Trinajstić information content (AvgIpc) is 2.42. The minimum atomic E-state index is -0.672. The van der Waals surface area contributed by atoms with Crippen LogP contribution in [-0.4, -0.2) is 31.1 Å². The monoisotopic (exact) mass is 283 g/mol. The maximum atomic E-state index is 13.7. The van der Waals surface area contributed by atoms with Crippen molar-refractivity contribution in [3.63, 3.8) is 0 Å². The molecule has 3 nitrogen and oxygen atoms in total. The molecule has 104 valence electrons. The zero-order valence-corrected chi connectivity index (χ0v) is 12.0. The molecule has 0 heterocycles. The standard InChI is InChI=1S/C14H19ClFN3/c1-3-19(4-2)8-7-18-14(10-17)12-9-11(15)5-6-13(12)16/h5-6,9,14,18H,3-4,7-8H2,1-2H3. The zero-order valence-electron chi connectivity index (χ0n) is 11.3. The Morgan fingerprint density at radius 2 is 2.11 bits per heavy atom. The van der Waals surface area contributed by atoms with E-state index in [2.05, 4.69) is 30.1 Å². The molecule has 19 heavy (non-hydrogen) atoms. The first-order valence-electron chi connectivity index (χ1n) is 6.42. The third-order valence-electron chi connectivity index (χ3n) is 3.07. The Bertz CT molecular complexity index is 441. The number of benzene rings is 1. The number of nitrogens with one attached hydrogen (secondary N) is 1. The summed E-state index contributed by atoms with van der Waals surface area (Å²) in [7, 11) is 0. The smallest absolute Gasteiger partial charge is 0.129 e. The molecule has 0 saturated carbocycles. The highest BCUT2D eigenvalue weighted by molar-refractivity contribution is 6.30. The van der Waals surface area contributed by atoms with E-state index in [9.17, 15) is 4.39 Å². The lowest BCUT2D eigenvalue weighted by Gasteiger charge is -2.19. The van der Waals surface area contributed by atoms with Crippen molar-refractivity contribution in [3.05, 3.63) is 34.6 Å². The molecule has 0 bridgehead atoms. The normalized spacial score (nSPS) is 12.4. The maximum absolute atomic E-state index is 13.7. The van der Waals surface area contributed by atoms with Gasteiger partial charge in [-0.3, -0.25) is 5.32 Å². The third kappa shape index (κ3) is 4.79. The summed E-state index contributed by atoms with van der Waals surface area (Å²) in [6.07, 6.45) is 0. The van der Waals surface area contributed by atoms with Crippen molar-refractivity contribution in [2.45, 2.75) is 19.9 Å². The van der Waals surface area contributed by atoms with Crippen molar-refractivity contribution in [2.24, 2.45) is 0 Å². The number of halogens is 2. The lowest BCUT2D eigenvalue weighted by Crippen LogP contribution is -2.33. The van der Waals surface area contributed by atoms with Gasteiger partial charge in [0, 0.05) is 23.7 Å².